The summed E-state index contributed by atoms with van der Waals surface area (Å²) in [6, 6.07) is 8.70. The van der Waals surface area contributed by atoms with E-state index in [4.69, 9.17) is 0 Å². The topological polar surface area (TPSA) is 49.8 Å². The van der Waals surface area contributed by atoms with Gasteiger partial charge < -0.3 is 10.6 Å². The van der Waals surface area contributed by atoms with Gasteiger partial charge in [-0.2, -0.15) is 0 Å². The quantitative estimate of drug-likeness (QED) is 0.851. The normalized spacial score (nSPS) is 10.5. The zero-order valence-corrected chi connectivity index (χ0v) is 13.3. The van der Waals surface area contributed by atoms with Gasteiger partial charge in [0.05, 0.1) is 0 Å². The third-order valence-corrected chi connectivity index (χ3v) is 3.64. The van der Waals surface area contributed by atoms with Crippen LogP contribution < -0.4 is 10.6 Å². The highest BCUT2D eigenvalue weighted by Crippen LogP contribution is 2.20. The molecular formula is C17H24N4. The molecule has 0 unspecified atom stereocenters. The molecule has 4 nitrogen and oxygen atoms in total. The third-order valence-electron chi connectivity index (χ3n) is 3.64. The van der Waals surface area contributed by atoms with Gasteiger partial charge in [-0.05, 0) is 24.5 Å². The molecule has 2 aromatic rings. The SMILES string of the molecule is CCc1ccc(CNc2nc(CC)nc(NC)c2C)cc1. The molecule has 0 aliphatic rings. The van der Waals surface area contributed by atoms with E-state index in [0.29, 0.717) is 0 Å². The second-order valence-corrected chi connectivity index (χ2v) is 5.09. The minimum Gasteiger partial charge on any atom is -0.373 e. The Labute approximate surface area is 127 Å². The van der Waals surface area contributed by atoms with Gasteiger partial charge in [0.1, 0.15) is 17.5 Å². The number of rotatable bonds is 6. The zero-order chi connectivity index (χ0) is 15.2. The van der Waals surface area contributed by atoms with Crippen LogP contribution in [0.2, 0.25) is 0 Å². The van der Waals surface area contributed by atoms with Crippen LogP contribution in [0.3, 0.4) is 0 Å². The van der Waals surface area contributed by atoms with Crippen LogP contribution in [0, 0.1) is 6.92 Å². The maximum absolute atomic E-state index is 4.59. The summed E-state index contributed by atoms with van der Waals surface area (Å²) in [5.74, 6) is 2.66. The van der Waals surface area contributed by atoms with Crippen molar-refractivity contribution >= 4 is 11.6 Å². The molecule has 0 radical (unpaired) electrons. The largest absolute Gasteiger partial charge is 0.373 e. The first-order valence-electron chi connectivity index (χ1n) is 7.54. The highest BCUT2D eigenvalue weighted by molar-refractivity contribution is 5.57. The lowest BCUT2D eigenvalue weighted by molar-refractivity contribution is 0.924. The minimum atomic E-state index is 0.772. The van der Waals surface area contributed by atoms with E-state index in [1.807, 2.05) is 14.0 Å². The van der Waals surface area contributed by atoms with Gasteiger partial charge in [-0.25, -0.2) is 9.97 Å². The van der Waals surface area contributed by atoms with Crippen LogP contribution in [-0.2, 0) is 19.4 Å². The fourth-order valence-electron chi connectivity index (χ4n) is 2.22. The molecule has 0 bridgehead atoms. The van der Waals surface area contributed by atoms with Crippen molar-refractivity contribution in [2.75, 3.05) is 17.7 Å². The van der Waals surface area contributed by atoms with Crippen molar-refractivity contribution in [3.05, 3.63) is 46.8 Å². The Bertz CT molecular complexity index is 590. The summed E-state index contributed by atoms with van der Waals surface area (Å²) < 4.78 is 0. The average molecular weight is 284 g/mol. The smallest absolute Gasteiger partial charge is 0.135 e. The van der Waals surface area contributed by atoms with Crippen molar-refractivity contribution in [3.8, 4) is 0 Å². The van der Waals surface area contributed by atoms with Crippen molar-refractivity contribution in [2.24, 2.45) is 0 Å². The van der Waals surface area contributed by atoms with E-state index < -0.39 is 0 Å². The number of hydrogen-bond acceptors (Lipinski definition) is 4. The molecule has 1 aromatic carbocycles. The van der Waals surface area contributed by atoms with Gasteiger partial charge in [-0.3, -0.25) is 0 Å². The van der Waals surface area contributed by atoms with Gasteiger partial charge >= 0.3 is 0 Å². The lowest BCUT2D eigenvalue weighted by atomic mass is 10.1. The van der Waals surface area contributed by atoms with Gasteiger partial charge in [-0.15, -0.1) is 0 Å². The molecule has 2 N–H and O–H groups in total. The molecule has 1 heterocycles. The van der Waals surface area contributed by atoms with Crippen LogP contribution in [0.4, 0.5) is 11.6 Å². The van der Waals surface area contributed by atoms with E-state index in [2.05, 4.69) is 58.7 Å². The number of benzene rings is 1. The predicted octanol–water partition coefficient (Wildman–Crippen LogP) is 3.56. The molecule has 0 aliphatic heterocycles. The highest BCUT2D eigenvalue weighted by Gasteiger charge is 2.08. The third kappa shape index (κ3) is 3.72. The van der Waals surface area contributed by atoms with Crippen LogP contribution in [0.25, 0.3) is 0 Å². The first-order valence-corrected chi connectivity index (χ1v) is 7.54. The maximum Gasteiger partial charge on any atom is 0.135 e. The number of aromatic nitrogens is 2. The summed E-state index contributed by atoms with van der Waals surface area (Å²) >= 11 is 0. The zero-order valence-electron chi connectivity index (χ0n) is 13.3. The van der Waals surface area contributed by atoms with Crippen molar-refractivity contribution in [3.63, 3.8) is 0 Å². The van der Waals surface area contributed by atoms with E-state index in [1.54, 1.807) is 0 Å². The summed E-state index contributed by atoms with van der Waals surface area (Å²) in [6.07, 6.45) is 1.90. The number of anilines is 2. The number of nitrogens with zero attached hydrogens (tertiary/aromatic N) is 2. The first kappa shape index (κ1) is 15.3. The molecule has 0 fully saturated rings. The van der Waals surface area contributed by atoms with E-state index in [0.717, 1.165) is 42.4 Å². The van der Waals surface area contributed by atoms with E-state index >= 15 is 0 Å². The molecule has 0 saturated heterocycles. The fraction of sp³-hybridized carbons (Fsp3) is 0.412. The van der Waals surface area contributed by atoms with E-state index in [-0.39, 0.29) is 0 Å². The van der Waals surface area contributed by atoms with Crippen molar-refractivity contribution in [1.29, 1.82) is 0 Å². The number of nitrogens with one attached hydrogen (secondary N) is 2. The molecule has 0 atom stereocenters. The minimum absolute atomic E-state index is 0.772. The monoisotopic (exact) mass is 284 g/mol. The summed E-state index contributed by atoms with van der Waals surface area (Å²) in [5, 5.41) is 6.56. The summed E-state index contributed by atoms with van der Waals surface area (Å²) in [5.41, 5.74) is 3.68. The Morgan fingerprint density at radius 2 is 1.52 bits per heavy atom. The van der Waals surface area contributed by atoms with Gasteiger partial charge in [0.25, 0.3) is 0 Å². The lowest BCUT2D eigenvalue weighted by Crippen LogP contribution is -2.09. The summed E-state index contributed by atoms with van der Waals surface area (Å²) in [4.78, 5) is 9.07. The molecule has 21 heavy (non-hydrogen) atoms. The van der Waals surface area contributed by atoms with Crippen LogP contribution >= 0.6 is 0 Å². The highest BCUT2D eigenvalue weighted by atomic mass is 15.1. The van der Waals surface area contributed by atoms with Crippen molar-refractivity contribution in [1.82, 2.24) is 9.97 Å². The Morgan fingerprint density at radius 1 is 0.905 bits per heavy atom. The lowest BCUT2D eigenvalue weighted by Gasteiger charge is -2.13. The summed E-state index contributed by atoms with van der Waals surface area (Å²) in [6.45, 7) is 7.04. The van der Waals surface area contributed by atoms with Crippen LogP contribution in [0.15, 0.2) is 24.3 Å². The molecule has 0 amide bonds. The molecule has 1 aromatic heterocycles. The van der Waals surface area contributed by atoms with Gasteiger partial charge in [-0.1, -0.05) is 38.1 Å². The Morgan fingerprint density at radius 3 is 2.10 bits per heavy atom. The Balaban J connectivity index is 2.14. The van der Waals surface area contributed by atoms with Gasteiger partial charge in [0, 0.05) is 25.6 Å². The van der Waals surface area contributed by atoms with E-state index in [9.17, 15) is 0 Å². The van der Waals surface area contributed by atoms with E-state index in [1.165, 1.54) is 11.1 Å². The van der Waals surface area contributed by atoms with Crippen molar-refractivity contribution in [2.45, 2.75) is 40.2 Å². The molecule has 0 spiro atoms. The number of aryl methyl sites for hydroxylation is 2. The first-order chi connectivity index (χ1) is 10.2. The van der Waals surface area contributed by atoms with Crippen LogP contribution in [-0.4, -0.2) is 17.0 Å². The number of hydrogen-bond donors (Lipinski definition) is 2. The Kier molecular flexibility index (Phi) is 5.14. The molecule has 2 rings (SSSR count). The molecule has 0 saturated carbocycles. The predicted molar refractivity (Wildman–Crippen MR) is 88.8 cm³/mol. The van der Waals surface area contributed by atoms with Gasteiger partial charge in [0.2, 0.25) is 0 Å². The second-order valence-electron chi connectivity index (χ2n) is 5.09. The standard InChI is InChI=1S/C17H24N4/c1-5-13-7-9-14(10-8-13)11-19-17-12(3)16(18-4)20-15(6-2)21-17/h7-10H,5-6,11H2,1-4H3,(H2,18,19,20,21). The van der Waals surface area contributed by atoms with Crippen LogP contribution in [0.1, 0.15) is 36.4 Å². The molecule has 0 aliphatic carbocycles. The van der Waals surface area contributed by atoms with Gasteiger partial charge in [0.15, 0.2) is 0 Å². The molecule has 4 heteroatoms. The maximum atomic E-state index is 4.59. The average Bonchev–Trinajstić information content (AvgIpc) is 2.54. The van der Waals surface area contributed by atoms with Crippen LogP contribution in [0.5, 0.6) is 0 Å². The van der Waals surface area contributed by atoms with Crippen molar-refractivity contribution < 1.29 is 0 Å². The molecule has 112 valence electrons. The fourth-order valence-corrected chi connectivity index (χ4v) is 2.22. The molecular weight excluding hydrogens is 260 g/mol. The second kappa shape index (κ2) is 7.07. The Hall–Kier alpha value is -2.10. The summed E-state index contributed by atoms with van der Waals surface area (Å²) in [7, 11) is 1.89.